The zero-order valence-corrected chi connectivity index (χ0v) is 27.1. The topological polar surface area (TPSA) is 86.8 Å². The quantitative estimate of drug-likeness (QED) is 0.242. The van der Waals surface area contributed by atoms with E-state index in [4.69, 9.17) is 23.2 Å². The minimum Gasteiger partial charge on any atom is -0.352 e. The SMILES string of the molecule is Cc1ccc(S(=O)(=O)N(CC(=O)N(Cc2ccccc2Cl)C(C)C(=O)NC2CCCCC2)c2ccc(Cl)c(C(F)(F)F)c2)cc1. The van der Waals surface area contributed by atoms with E-state index in [1.165, 1.54) is 36.1 Å². The lowest BCUT2D eigenvalue weighted by atomic mass is 9.95. The van der Waals surface area contributed by atoms with E-state index in [2.05, 4.69) is 5.32 Å². The fraction of sp³-hybridized carbons (Fsp3) is 0.375. The summed E-state index contributed by atoms with van der Waals surface area (Å²) in [6, 6.07) is 13.9. The molecule has 1 aliphatic rings. The Hall–Kier alpha value is -3.28. The summed E-state index contributed by atoms with van der Waals surface area (Å²) in [4.78, 5) is 28.5. The molecule has 242 valence electrons. The Balaban J connectivity index is 1.75. The number of amides is 2. The second-order valence-electron chi connectivity index (χ2n) is 11.1. The number of hydrogen-bond acceptors (Lipinski definition) is 4. The fourth-order valence-corrected chi connectivity index (χ4v) is 7.04. The van der Waals surface area contributed by atoms with Gasteiger partial charge in [0.1, 0.15) is 12.6 Å². The molecule has 45 heavy (non-hydrogen) atoms. The van der Waals surface area contributed by atoms with Crippen molar-refractivity contribution in [2.45, 2.75) is 75.7 Å². The number of carbonyl (C=O) groups excluding carboxylic acids is 2. The largest absolute Gasteiger partial charge is 0.417 e. The number of sulfonamides is 1. The Kier molecular flexibility index (Phi) is 11.1. The summed E-state index contributed by atoms with van der Waals surface area (Å²) >= 11 is 12.2. The molecule has 2 amide bonds. The highest BCUT2D eigenvalue weighted by atomic mass is 35.5. The highest BCUT2D eigenvalue weighted by molar-refractivity contribution is 7.92. The molecule has 0 spiro atoms. The third kappa shape index (κ3) is 8.51. The van der Waals surface area contributed by atoms with Crippen molar-refractivity contribution in [3.63, 3.8) is 0 Å². The maximum atomic E-state index is 14.1. The first-order chi connectivity index (χ1) is 21.2. The summed E-state index contributed by atoms with van der Waals surface area (Å²) < 4.78 is 70.0. The highest BCUT2D eigenvalue weighted by Gasteiger charge is 2.37. The van der Waals surface area contributed by atoms with Crippen LogP contribution in [0.3, 0.4) is 0 Å². The Labute approximate surface area is 271 Å². The van der Waals surface area contributed by atoms with Crippen LogP contribution in [0, 0.1) is 6.92 Å². The van der Waals surface area contributed by atoms with Crippen LogP contribution in [-0.2, 0) is 32.3 Å². The summed E-state index contributed by atoms with van der Waals surface area (Å²) in [6.45, 7) is 2.22. The van der Waals surface area contributed by atoms with Crippen LogP contribution in [0.15, 0.2) is 71.6 Å². The minimum absolute atomic E-state index is 0.0563. The first kappa shape index (κ1) is 34.6. The molecule has 0 aromatic heterocycles. The molecule has 1 fully saturated rings. The van der Waals surface area contributed by atoms with Crippen LogP contribution in [-0.4, -0.2) is 43.8 Å². The van der Waals surface area contributed by atoms with Gasteiger partial charge in [-0.05, 0) is 68.7 Å². The Morgan fingerprint density at radius 2 is 1.60 bits per heavy atom. The molecular weight excluding hydrogens is 650 g/mol. The van der Waals surface area contributed by atoms with Crippen molar-refractivity contribution in [2.24, 2.45) is 0 Å². The number of nitrogens with one attached hydrogen (secondary N) is 1. The van der Waals surface area contributed by atoms with E-state index in [0.717, 1.165) is 49.8 Å². The highest BCUT2D eigenvalue weighted by Crippen LogP contribution is 2.38. The number of hydrogen-bond donors (Lipinski definition) is 1. The maximum absolute atomic E-state index is 14.1. The zero-order chi connectivity index (χ0) is 32.9. The van der Waals surface area contributed by atoms with E-state index in [1.807, 2.05) is 0 Å². The van der Waals surface area contributed by atoms with Gasteiger partial charge in [-0.15, -0.1) is 0 Å². The van der Waals surface area contributed by atoms with Gasteiger partial charge in [0.2, 0.25) is 11.8 Å². The van der Waals surface area contributed by atoms with Gasteiger partial charge >= 0.3 is 6.18 Å². The van der Waals surface area contributed by atoms with Crippen molar-refractivity contribution in [3.8, 4) is 0 Å². The molecule has 0 saturated heterocycles. The molecule has 7 nitrogen and oxygen atoms in total. The number of aryl methyl sites for hydroxylation is 1. The van der Waals surface area contributed by atoms with E-state index >= 15 is 0 Å². The summed E-state index contributed by atoms with van der Waals surface area (Å²) in [5.41, 5.74) is -0.418. The van der Waals surface area contributed by atoms with E-state index < -0.39 is 56.9 Å². The monoisotopic (exact) mass is 683 g/mol. The smallest absolute Gasteiger partial charge is 0.352 e. The number of anilines is 1. The van der Waals surface area contributed by atoms with Gasteiger partial charge in [0.05, 0.1) is 21.2 Å². The first-order valence-electron chi connectivity index (χ1n) is 14.5. The van der Waals surface area contributed by atoms with Gasteiger partial charge in [0, 0.05) is 17.6 Å². The van der Waals surface area contributed by atoms with Crippen LogP contribution in [0.25, 0.3) is 0 Å². The molecule has 3 aromatic rings. The summed E-state index contributed by atoms with van der Waals surface area (Å²) in [7, 11) is -4.58. The van der Waals surface area contributed by atoms with Crippen molar-refractivity contribution < 1.29 is 31.2 Å². The lowest BCUT2D eigenvalue weighted by Crippen LogP contribution is -2.53. The van der Waals surface area contributed by atoms with Gasteiger partial charge in [0.25, 0.3) is 10.0 Å². The third-order valence-electron chi connectivity index (χ3n) is 7.85. The van der Waals surface area contributed by atoms with Crippen molar-refractivity contribution in [2.75, 3.05) is 10.8 Å². The van der Waals surface area contributed by atoms with E-state index in [0.29, 0.717) is 21.0 Å². The molecule has 1 atom stereocenters. The standard InChI is InChI=1S/C32H34Cl2F3N3O4S/c1-21-12-15-26(16-13-21)45(43,44)40(25-14-17-29(34)27(18-25)32(35,36)37)20-30(41)39(19-23-8-6-7-11-28(23)33)22(2)31(42)38-24-9-4-3-5-10-24/h6-8,11-18,22,24H,3-5,9-10,19-20H2,1-2H3,(H,38,42). The number of carbonyl (C=O) groups is 2. The average Bonchev–Trinajstić information content (AvgIpc) is 2.99. The van der Waals surface area contributed by atoms with Gasteiger partial charge in [-0.25, -0.2) is 8.42 Å². The van der Waals surface area contributed by atoms with Crippen molar-refractivity contribution in [1.29, 1.82) is 0 Å². The van der Waals surface area contributed by atoms with Gasteiger partial charge in [0.15, 0.2) is 0 Å². The number of halogens is 5. The van der Waals surface area contributed by atoms with E-state index in [9.17, 15) is 31.2 Å². The van der Waals surface area contributed by atoms with Crippen LogP contribution in [0.4, 0.5) is 18.9 Å². The van der Waals surface area contributed by atoms with Crippen molar-refractivity contribution in [1.82, 2.24) is 10.2 Å². The third-order valence-corrected chi connectivity index (χ3v) is 10.3. The second kappa shape index (κ2) is 14.4. The number of rotatable bonds is 10. The van der Waals surface area contributed by atoms with Gasteiger partial charge < -0.3 is 10.2 Å². The molecule has 0 bridgehead atoms. The fourth-order valence-electron chi connectivity index (χ4n) is 5.21. The predicted molar refractivity (Wildman–Crippen MR) is 169 cm³/mol. The zero-order valence-electron chi connectivity index (χ0n) is 24.8. The number of nitrogens with zero attached hydrogens (tertiary/aromatic N) is 2. The van der Waals surface area contributed by atoms with Crippen LogP contribution in [0.5, 0.6) is 0 Å². The molecule has 0 aliphatic heterocycles. The molecule has 1 saturated carbocycles. The van der Waals surface area contributed by atoms with Crippen LogP contribution in [0.2, 0.25) is 10.0 Å². The van der Waals surface area contributed by atoms with Crippen molar-refractivity contribution in [3.05, 3.63) is 93.5 Å². The number of alkyl halides is 3. The molecular formula is C32H34Cl2F3N3O4S. The van der Waals surface area contributed by atoms with Crippen LogP contribution in [0.1, 0.15) is 55.7 Å². The molecule has 1 N–H and O–H groups in total. The molecule has 13 heteroatoms. The average molecular weight is 685 g/mol. The Bertz CT molecular complexity index is 1630. The van der Waals surface area contributed by atoms with E-state index in [1.54, 1.807) is 31.2 Å². The summed E-state index contributed by atoms with van der Waals surface area (Å²) in [5.74, 6) is -1.25. The normalized spacial score (nSPS) is 14.9. The second-order valence-corrected chi connectivity index (χ2v) is 13.8. The van der Waals surface area contributed by atoms with E-state index in [-0.39, 0.29) is 17.5 Å². The van der Waals surface area contributed by atoms with Gasteiger partial charge in [-0.2, -0.15) is 13.2 Å². The lowest BCUT2D eigenvalue weighted by Gasteiger charge is -2.33. The first-order valence-corrected chi connectivity index (χ1v) is 16.7. The summed E-state index contributed by atoms with van der Waals surface area (Å²) in [5, 5.41) is 2.69. The number of benzene rings is 3. The van der Waals surface area contributed by atoms with Gasteiger partial charge in [-0.1, -0.05) is 78.4 Å². The van der Waals surface area contributed by atoms with Gasteiger partial charge in [-0.3, -0.25) is 13.9 Å². The molecule has 3 aromatic carbocycles. The molecule has 4 rings (SSSR count). The van der Waals surface area contributed by atoms with Crippen LogP contribution >= 0.6 is 23.2 Å². The van der Waals surface area contributed by atoms with Crippen molar-refractivity contribution >= 4 is 50.7 Å². The maximum Gasteiger partial charge on any atom is 0.417 e. The summed E-state index contributed by atoms with van der Waals surface area (Å²) in [6.07, 6.45) is -0.276. The molecule has 1 aliphatic carbocycles. The van der Waals surface area contributed by atoms with Crippen LogP contribution < -0.4 is 9.62 Å². The lowest BCUT2D eigenvalue weighted by molar-refractivity contribution is -0.139. The molecule has 0 heterocycles. The molecule has 1 unspecified atom stereocenters. The molecule has 0 radical (unpaired) electrons. The Morgan fingerprint density at radius 3 is 2.22 bits per heavy atom. The Morgan fingerprint density at radius 1 is 0.956 bits per heavy atom. The minimum atomic E-state index is -4.89. The predicted octanol–water partition coefficient (Wildman–Crippen LogP) is 7.38.